The van der Waals surface area contributed by atoms with Gasteiger partial charge in [0.2, 0.25) is 5.78 Å². The van der Waals surface area contributed by atoms with E-state index in [2.05, 4.69) is 11.1 Å². The van der Waals surface area contributed by atoms with Crippen molar-refractivity contribution >= 4 is 23.1 Å². The van der Waals surface area contributed by atoms with Crippen LogP contribution in [-0.2, 0) is 22.6 Å². The molecule has 8 nitrogen and oxygen atoms in total. The second-order valence-electron chi connectivity index (χ2n) is 12.0. The number of esters is 1. The third kappa shape index (κ3) is 6.10. The van der Waals surface area contributed by atoms with Gasteiger partial charge in [-0.25, -0.2) is 0 Å². The molecule has 0 atom stereocenters. The molecule has 0 aliphatic carbocycles. The Kier molecular flexibility index (Phi) is 8.35. The Labute approximate surface area is 245 Å². The SMILES string of the molecule is COC(=O)C(C)(C)Cc1c(C(=O)C(C)(C)C)c2cc(OCc3cccc(C)n3)ccn2c1C(=O)c1cccc(C#N)c1. The number of ether oxygens (including phenoxy) is 2. The van der Waals surface area contributed by atoms with Crippen LogP contribution in [-0.4, -0.2) is 34.0 Å². The first-order chi connectivity index (χ1) is 19.8. The molecule has 0 radical (unpaired) electrons. The number of carbonyl (C=O) groups excluding carboxylic acids is 3. The van der Waals surface area contributed by atoms with Gasteiger partial charge in [-0.1, -0.05) is 39.0 Å². The van der Waals surface area contributed by atoms with Crippen LogP contribution in [0.25, 0.3) is 5.52 Å². The normalized spacial score (nSPS) is 11.7. The largest absolute Gasteiger partial charge is 0.487 e. The minimum Gasteiger partial charge on any atom is -0.487 e. The van der Waals surface area contributed by atoms with Crippen LogP contribution >= 0.6 is 0 Å². The molecule has 216 valence electrons. The highest BCUT2D eigenvalue weighted by Crippen LogP contribution is 2.37. The van der Waals surface area contributed by atoms with Crippen LogP contribution in [0.2, 0.25) is 0 Å². The number of benzene rings is 1. The molecule has 0 unspecified atom stereocenters. The molecule has 1 aromatic carbocycles. The summed E-state index contributed by atoms with van der Waals surface area (Å²) < 4.78 is 12.8. The summed E-state index contributed by atoms with van der Waals surface area (Å²) in [6.45, 7) is 11.0. The number of Topliss-reactive ketones (excluding diaryl/α,β-unsaturated/α-hetero) is 1. The third-order valence-corrected chi connectivity index (χ3v) is 7.08. The van der Waals surface area contributed by atoms with Gasteiger partial charge in [-0.3, -0.25) is 19.4 Å². The van der Waals surface area contributed by atoms with E-state index in [0.29, 0.717) is 33.5 Å². The summed E-state index contributed by atoms with van der Waals surface area (Å²) in [6, 6.07) is 17.6. The quantitative estimate of drug-likeness (QED) is 0.173. The molecule has 42 heavy (non-hydrogen) atoms. The lowest BCUT2D eigenvalue weighted by Crippen LogP contribution is -2.30. The van der Waals surface area contributed by atoms with Gasteiger partial charge in [0.1, 0.15) is 12.4 Å². The highest BCUT2D eigenvalue weighted by molar-refractivity contribution is 6.15. The monoisotopic (exact) mass is 565 g/mol. The molecule has 4 rings (SSSR count). The first-order valence-corrected chi connectivity index (χ1v) is 13.7. The molecule has 0 amide bonds. The van der Waals surface area contributed by atoms with Gasteiger partial charge in [0, 0.05) is 34.5 Å². The smallest absolute Gasteiger partial charge is 0.311 e. The maximum Gasteiger partial charge on any atom is 0.311 e. The lowest BCUT2D eigenvalue weighted by molar-refractivity contribution is -0.150. The van der Waals surface area contributed by atoms with Crippen molar-refractivity contribution < 1.29 is 23.9 Å². The van der Waals surface area contributed by atoms with E-state index in [4.69, 9.17) is 9.47 Å². The minimum atomic E-state index is -1.05. The average molecular weight is 566 g/mol. The van der Waals surface area contributed by atoms with Crippen molar-refractivity contribution in [3.8, 4) is 11.8 Å². The Morgan fingerprint density at radius 1 is 1.00 bits per heavy atom. The fraction of sp³-hybridized carbons (Fsp3) is 0.324. The summed E-state index contributed by atoms with van der Waals surface area (Å²) in [5.41, 5.74) is 1.94. The first kappa shape index (κ1) is 30.2. The number of pyridine rings is 2. The van der Waals surface area contributed by atoms with E-state index < -0.39 is 16.8 Å². The summed E-state index contributed by atoms with van der Waals surface area (Å²) >= 11 is 0. The molecule has 0 fully saturated rings. The number of fused-ring (bicyclic) bond motifs is 1. The van der Waals surface area contributed by atoms with E-state index in [9.17, 15) is 19.6 Å². The van der Waals surface area contributed by atoms with E-state index >= 15 is 0 Å². The number of aryl methyl sites for hydroxylation is 1. The van der Waals surface area contributed by atoms with Crippen LogP contribution in [0, 0.1) is 29.1 Å². The number of aromatic nitrogens is 2. The highest BCUT2D eigenvalue weighted by Gasteiger charge is 2.38. The molecule has 0 aliphatic rings. The van der Waals surface area contributed by atoms with Crippen LogP contribution in [0.4, 0.5) is 0 Å². The highest BCUT2D eigenvalue weighted by atomic mass is 16.5. The van der Waals surface area contributed by atoms with Gasteiger partial charge in [0.25, 0.3) is 0 Å². The van der Waals surface area contributed by atoms with Gasteiger partial charge in [0.15, 0.2) is 5.78 Å². The van der Waals surface area contributed by atoms with Gasteiger partial charge in [-0.2, -0.15) is 5.26 Å². The maximum atomic E-state index is 14.2. The third-order valence-electron chi connectivity index (χ3n) is 7.08. The number of nitriles is 1. The van der Waals surface area contributed by atoms with Gasteiger partial charge in [-0.05, 0) is 63.1 Å². The Morgan fingerprint density at radius 3 is 2.36 bits per heavy atom. The number of hydrogen-bond donors (Lipinski definition) is 0. The molecule has 8 heteroatoms. The molecule has 0 saturated carbocycles. The molecule has 0 N–H and O–H groups in total. The molecule has 0 saturated heterocycles. The predicted octanol–water partition coefficient (Wildman–Crippen LogP) is 6.29. The van der Waals surface area contributed by atoms with E-state index in [1.54, 1.807) is 54.8 Å². The van der Waals surface area contributed by atoms with E-state index in [-0.39, 0.29) is 30.3 Å². The summed E-state index contributed by atoms with van der Waals surface area (Å²) in [7, 11) is 1.31. The summed E-state index contributed by atoms with van der Waals surface area (Å²) in [6.07, 6.45) is 1.77. The zero-order valence-corrected chi connectivity index (χ0v) is 25.1. The molecular formula is C34H35N3O5. The first-order valence-electron chi connectivity index (χ1n) is 13.7. The van der Waals surface area contributed by atoms with Crippen LogP contribution in [0.3, 0.4) is 0 Å². The van der Waals surface area contributed by atoms with Crippen molar-refractivity contribution in [1.82, 2.24) is 9.38 Å². The Morgan fingerprint density at radius 2 is 1.71 bits per heavy atom. The number of carbonyl (C=O) groups is 3. The second-order valence-corrected chi connectivity index (χ2v) is 12.0. The fourth-order valence-electron chi connectivity index (χ4n) is 4.92. The number of methoxy groups -OCH3 is 1. The molecule has 0 aliphatic heterocycles. The second kappa shape index (κ2) is 11.6. The minimum absolute atomic E-state index is 0.0704. The number of hydrogen-bond acceptors (Lipinski definition) is 7. The molecule has 0 bridgehead atoms. The summed E-state index contributed by atoms with van der Waals surface area (Å²) in [5, 5.41) is 9.45. The summed E-state index contributed by atoms with van der Waals surface area (Å²) in [5.74, 6) is -0.525. The van der Waals surface area contributed by atoms with Gasteiger partial charge >= 0.3 is 5.97 Å². The molecule has 3 aromatic heterocycles. The van der Waals surface area contributed by atoms with Crippen molar-refractivity contribution in [1.29, 1.82) is 5.26 Å². The van der Waals surface area contributed by atoms with Gasteiger partial charge in [0.05, 0.1) is 41.1 Å². The average Bonchev–Trinajstić information content (AvgIpc) is 3.26. The zero-order chi connectivity index (χ0) is 30.8. The summed E-state index contributed by atoms with van der Waals surface area (Å²) in [4.78, 5) is 45.6. The number of rotatable bonds is 9. The van der Waals surface area contributed by atoms with Crippen LogP contribution < -0.4 is 4.74 Å². The van der Waals surface area contributed by atoms with Crippen molar-refractivity contribution in [3.63, 3.8) is 0 Å². The van der Waals surface area contributed by atoms with Crippen molar-refractivity contribution in [2.24, 2.45) is 10.8 Å². The zero-order valence-electron chi connectivity index (χ0n) is 25.1. The van der Waals surface area contributed by atoms with Crippen molar-refractivity contribution in [2.75, 3.05) is 7.11 Å². The number of nitrogens with zero attached hydrogens (tertiary/aromatic N) is 3. The fourth-order valence-corrected chi connectivity index (χ4v) is 4.92. The van der Waals surface area contributed by atoms with Crippen LogP contribution in [0.1, 0.15) is 83.5 Å². The topological polar surface area (TPSA) is 111 Å². The van der Waals surface area contributed by atoms with Crippen molar-refractivity contribution in [3.05, 3.63) is 100 Å². The van der Waals surface area contributed by atoms with Crippen LogP contribution in [0.5, 0.6) is 5.75 Å². The van der Waals surface area contributed by atoms with E-state index in [1.165, 1.54) is 13.2 Å². The standard InChI is InChI=1S/C34H35N3O5/c1-21-10-8-13-24(36-21)20-42-25-14-15-37-27(17-25)28(31(39)33(2,3)4)26(18-34(5,6)32(40)41-7)29(37)30(38)23-12-9-11-22(16-23)19-35/h8-17H,18,20H2,1-7H3. The maximum absolute atomic E-state index is 14.2. The van der Waals surface area contributed by atoms with Gasteiger partial charge in [-0.15, -0.1) is 0 Å². The number of ketones is 2. The Bertz CT molecular complexity index is 1730. The molecule has 0 spiro atoms. The van der Waals surface area contributed by atoms with E-state index in [1.807, 2.05) is 45.9 Å². The predicted molar refractivity (Wildman–Crippen MR) is 159 cm³/mol. The lowest BCUT2D eigenvalue weighted by atomic mass is 9.79. The Balaban J connectivity index is 1.98. The molecule has 3 heterocycles. The molecule has 4 aromatic rings. The Hall–Kier alpha value is -4.77. The molecular weight excluding hydrogens is 530 g/mol. The van der Waals surface area contributed by atoms with E-state index in [0.717, 1.165) is 11.4 Å². The lowest BCUT2D eigenvalue weighted by Gasteiger charge is -2.24. The van der Waals surface area contributed by atoms with Gasteiger partial charge < -0.3 is 13.9 Å². The van der Waals surface area contributed by atoms with Crippen molar-refractivity contribution in [2.45, 2.75) is 54.6 Å². The van der Waals surface area contributed by atoms with Crippen LogP contribution in [0.15, 0.2) is 60.8 Å².